The smallest absolute Gasteiger partial charge is 0.243 e. The lowest BCUT2D eigenvalue weighted by Crippen LogP contribution is -2.35. The van der Waals surface area contributed by atoms with Gasteiger partial charge in [-0.15, -0.1) is 11.6 Å². The van der Waals surface area contributed by atoms with Gasteiger partial charge >= 0.3 is 0 Å². The van der Waals surface area contributed by atoms with Crippen molar-refractivity contribution in [2.75, 3.05) is 19.0 Å². The molecule has 1 aliphatic carbocycles. The first-order valence-corrected chi connectivity index (χ1v) is 8.34. The van der Waals surface area contributed by atoms with E-state index in [1.165, 1.54) is 4.31 Å². The molecule has 2 rings (SSSR count). The Morgan fingerprint density at radius 1 is 1.26 bits per heavy atom. The molecule has 1 saturated carbocycles. The standard InChI is InChI=1S/C13H18ClNO3S/c14-8-7-11-1-5-13(6-2-11)19(17,18)15(9-10-16)12-3-4-12/h1-2,5-6,12,16H,3-4,7-10H2. The molecule has 0 atom stereocenters. The fourth-order valence-electron chi connectivity index (χ4n) is 2.03. The second-order valence-corrected chi connectivity index (χ2v) is 6.92. The van der Waals surface area contributed by atoms with Crippen LogP contribution in [0.2, 0.25) is 0 Å². The van der Waals surface area contributed by atoms with Crippen molar-refractivity contribution in [2.24, 2.45) is 0 Å². The Balaban J connectivity index is 2.22. The Hall–Kier alpha value is -0.620. The van der Waals surface area contributed by atoms with Gasteiger partial charge in [-0.05, 0) is 37.0 Å². The zero-order valence-electron chi connectivity index (χ0n) is 10.6. The first-order chi connectivity index (χ1) is 9.09. The summed E-state index contributed by atoms with van der Waals surface area (Å²) in [6.45, 7) is 0.0104. The minimum Gasteiger partial charge on any atom is -0.395 e. The maximum absolute atomic E-state index is 12.5. The van der Waals surface area contributed by atoms with Crippen molar-refractivity contribution in [3.63, 3.8) is 0 Å². The van der Waals surface area contributed by atoms with Gasteiger partial charge in [-0.1, -0.05) is 12.1 Å². The molecule has 0 bridgehead atoms. The maximum Gasteiger partial charge on any atom is 0.243 e. The van der Waals surface area contributed by atoms with Crippen molar-refractivity contribution in [2.45, 2.75) is 30.2 Å². The van der Waals surface area contributed by atoms with E-state index in [9.17, 15) is 8.42 Å². The third-order valence-corrected chi connectivity index (χ3v) is 5.34. The number of hydrogen-bond acceptors (Lipinski definition) is 3. The van der Waals surface area contributed by atoms with Crippen LogP contribution in [0, 0.1) is 0 Å². The number of hydrogen-bond donors (Lipinski definition) is 1. The summed E-state index contributed by atoms with van der Waals surface area (Å²) in [4.78, 5) is 0.283. The van der Waals surface area contributed by atoms with E-state index in [0.717, 1.165) is 24.8 Å². The highest BCUT2D eigenvalue weighted by atomic mass is 35.5. The van der Waals surface area contributed by atoms with Crippen molar-refractivity contribution in [3.8, 4) is 0 Å². The van der Waals surface area contributed by atoms with Crippen LogP contribution < -0.4 is 0 Å². The molecule has 0 amide bonds. The van der Waals surface area contributed by atoms with Gasteiger partial charge in [0.2, 0.25) is 10.0 Å². The molecular weight excluding hydrogens is 286 g/mol. The molecule has 1 aromatic carbocycles. The Morgan fingerprint density at radius 2 is 1.89 bits per heavy atom. The molecule has 106 valence electrons. The topological polar surface area (TPSA) is 57.6 Å². The van der Waals surface area contributed by atoms with Crippen LogP contribution in [0.3, 0.4) is 0 Å². The summed E-state index contributed by atoms with van der Waals surface area (Å²) < 4.78 is 26.3. The minimum absolute atomic E-state index is 0.0552. The van der Waals surface area contributed by atoms with Crippen LogP contribution in [0.15, 0.2) is 29.2 Å². The van der Waals surface area contributed by atoms with Gasteiger partial charge in [-0.25, -0.2) is 8.42 Å². The fraction of sp³-hybridized carbons (Fsp3) is 0.538. The van der Waals surface area contributed by atoms with Crippen LogP contribution in [0.5, 0.6) is 0 Å². The third-order valence-electron chi connectivity index (χ3n) is 3.19. The summed E-state index contributed by atoms with van der Waals surface area (Å²) in [6.07, 6.45) is 2.48. The second kappa shape index (κ2) is 6.22. The lowest BCUT2D eigenvalue weighted by atomic mass is 10.2. The minimum atomic E-state index is -3.49. The molecule has 0 saturated heterocycles. The Morgan fingerprint density at radius 3 is 2.37 bits per heavy atom. The van der Waals surface area contributed by atoms with Gasteiger partial charge in [0.05, 0.1) is 11.5 Å². The van der Waals surface area contributed by atoms with E-state index >= 15 is 0 Å². The summed E-state index contributed by atoms with van der Waals surface area (Å²) in [7, 11) is -3.49. The first kappa shape index (κ1) is 14.8. The van der Waals surface area contributed by atoms with Crippen LogP contribution in [0.4, 0.5) is 0 Å². The molecule has 1 aliphatic rings. The van der Waals surface area contributed by atoms with E-state index < -0.39 is 10.0 Å². The van der Waals surface area contributed by atoms with Gasteiger partial charge in [-0.2, -0.15) is 4.31 Å². The molecular formula is C13H18ClNO3S. The van der Waals surface area contributed by atoms with Crippen molar-refractivity contribution in [3.05, 3.63) is 29.8 Å². The van der Waals surface area contributed by atoms with Gasteiger partial charge in [0, 0.05) is 18.5 Å². The van der Waals surface area contributed by atoms with Gasteiger partial charge in [-0.3, -0.25) is 0 Å². The Labute approximate surface area is 119 Å². The molecule has 0 unspecified atom stereocenters. The van der Waals surface area contributed by atoms with E-state index in [1.54, 1.807) is 24.3 Å². The highest BCUT2D eigenvalue weighted by Gasteiger charge is 2.37. The number of aliphatic hydroxyl groups excluding tert-OH is 1. The highest BCUT2D eigenvalue weighted by molar-refractivity contribution is 7.89. The quantitative estimate of drug-likeness (QED) is 0.779. The predicted octanol–water partition coefficient (Wildman–Crippen LogP) is 1.61. The number of nitrogens with zero attached hydrogens (tertiary/aromatic N) is 1. The zero-order chi connectivity index (χ0) is 13.9. The van der Waals surface area contributed by atoms with E-state index in [4.69, 9.17) is 16.7 Å². The number of benzene rings is 1. The molecule has 6 heteroatoms. The van der Waals surface area contributed by atoms with Gasteiger partial charge in [0.15, 0.2) is 0 Å². The molecule has 4 nitrogen and oxygen atoms in total. The van der Waals surface area contributed by atoms with E-state index in [2.05, 4.69) is 0 Å². The molecule has 19 heavy (non-hydrogen) atoms. The third kappa shape index (κ3) is 3.48. The molecule has 0 aliphatic heterocycles. The molecule has 1 fully saturated rings. The second-order valence-electron chi connectivity index (χ2n) is 4.65. The number of halogens is 1. The fourth-order valence-corrected chi connectivity index (χ4v) is 3.93. The molecule has 0 aromatic heterocycles. The van der Waals surface area contributed by atoms with Crippen LogP contribution in [0.1, 0.15) is 18.4 Å². The van der Waals surface area contributed by atoms with Crippen molar-refractivity contribution in [1.82, 2.24) is 4.31 Å². The van der Waals surface area contributed by atoms with Gasteiger partial charge in [0.1, 0.15) is 0 Å². The molecule has 0 radical (unpaired) electrons. The number of aryl methyl sites for hydroxylation is 1. The zero-order valence-corrected chi connectivity index (χ0v) is 12.2. The van der Waals surface area contributed by atoms with Crippen LogP contribution in [-0.4, -0.2) is 42.9 Å². The summed E-state index contributed by atoms with van der Waals surface area (Å²) in [5.41, 5.74) is 1.02. The molecule has 1 N–H and O–H groups in total. The van der Waals surface area contributed by atoms with Gasteiger partial charge in [0.25, 0.3) is 0 Å². The monoisotopic (exact) mass is 303 g/mol. The van der Waals surface area contributed by atoms with E-state index in [1.807, 2.05) is 0 Å². The van der Waals surface area contributed by atoms with Crippen LogP contribution in [0.25, 0.3) is 0 Å². The number of aliphatic hydroxyl groups is 1. The summed E-state index contributed by atoms with van der Waals surface area (Å²) in [5.74, 6) is 0.519. The van der Waals surface area contributed by atoms with E-state index in [-0.39, 0.29) is 24.1 Å². The highest BCUT2D eigenvalue weighted by Crippen LogP contribution is 2.31. The molecule has 1 aromatic rings. The van der Waals surface area contributed by atoms with Crippen LogP contribution in [-0.2, 0) is 16.4 Å². The maximum atomic E-state index is 12.5. The van der Waals surface area contributed by atoms with E-state index in [0.29, 0.717) is 5.88 Å². The SMILES string of the molecule is O=S(=O)(c1ccc(CCCl)cc1)N(CCO)C1CC1. The summed E-state index contributed by atoms with van der Waals surface area (Å²) in [5, 5.41) is 9.02. The predicted molar refractivity (Wildman–Crippen MR) is 74.9 cm³/mol. The number of rotatable bonds is 7. The Kier molecular flexibility index (Phi) is 4.84. The van der Waals surface area contributed by atoms with Crippen molar-refractivity contribution < 1.29 is 13.5 Å². The summed E-state index contributed by atoms with van der Waals surface area (Å²) in [6, 6.07) is 6.87. The first-order valence-electron chi connectivity index (χ1n) is 6.37. The van der Waals surface area contributed by atoms with Crippen LogP contribution >= 0.6 is 11.6 Å². The lowest BCUT2D eigenvalue weighted by molar-refractivity contribution is 0.250. The largest absolute Gasteiger partial charge is 0.395 e. The molecule has 0 spiro atoms. The summed E-state index contributed by atoms with van der Waals surface area (Å²) >= 11 is 5.65. The number of sulfonamides is 1. The molecule has 0 heterocycles. The normalized spacial score (nSPS) is 15.9. The Bertz CT molecular complexity index is 511. The average Bonchev–Trinajstić information content (AvgIpc) is 3.21. The average molecular weight is 304 g/mol. The number of alkyl halides is 1. The van der Waals surface area contributed by atoms with Crippen molar-refractivity contribution in [1.29, 1.82) is 0 Å². The van der Waals surface area contributed by atoms with Gasteiger partial charge < -0.3 is 5.11 Å². The van der Waals surface area contributed by atoms with Crippen molar-refractivity contribution >= 4 is 21.6 Å². The lowest BCUT2D eigenvalue weighted by Gasteiger charge is -2.20.